The molecule has 0 bridgehead atoms. The van der Waals surface area contributed by atoms with Gasteiger partial charge < -0.3 is 5.73 Å². The summed E-state index contributed by atoms with van der Waals surface area (Å²) in [5.74, 6) is -2.19. The first kappa shape index (κ1) is 12.2. The van der Waals surface area contributed by atoms with E-state index in [1.807, 2.05) is 0 Å². The summed E-state index contributed by atoms with van der Waals surface area (Å²) in [6, 6.07) is 8.64. The summed E-state index contributed by atoms with van der Waals surface area (Å²) in [5.41, 5.74) is 5.78. The molecule has 2 amide bonds. The fraction of sp³-hybridized carbons (Fsp3) is 0.273. The summed E-state index contributed by atoms with van der Waals surface area (Å²) in [4.78, 5) is 27.8. The summed E-state index contributed by atoms with van der Waals surface area (Å²) < 4.78 is 0. The van der Waals surface area contributed by atoms with Gasteiger partial charge in [0.1, 0.15) is 5.92 Å². The smallest absolute Gasteiger partial charge is 0.262 e. The Bertz CT molecular complexity index is 378. The number of nitrogens with two attached hydrogens (primary N) is 1. The first-order chi connectivity index (χ1) is 7.57. The van der Waals surface area contributed by atoms with E-state index in [2.05, 4.69) is 0 Å². The van der Waals surface area contributed by atoms with E-state index in [0.29, 0.717) is 5.56 Å². The molecule has 0 saturated heterocycles. The number of carbonyl (C=O) groups excluding carboxylic acids is 2. The first-order valence-corrected chi connectivity index (χ1v) is 4.74. The number of benzene rings is 1. The number of likely N-dealkylation sites (N-methyl/N-ethyl adjacent to an activating group) is 1. The molecule has 5 nitrogen and oxygen atoms in total. The molecule has 0 spiro atoms. The van der Waals surface area contributed by atoms with Gasteiger partial charge in [-0.2, -0.15) is 0 Å². The van der Waals surface area contributed by atoms with Crippen LogP contribution in [0.5, 0.6) is 0 Å². The van der Waals surface area contributed by atoms with Gasteiger partial charge in [0.2, 0.25) is 5.91 Å². The van der Waals surface area contributed by atoms with Crippen molar-refractivity contribution in [3.63, 3.8) is 0 Å². The molecule has 1 rings (SSSR count). The molecule has 16 heavy (non-hydrogen) atoms. The van der Waals surface area contributed by atoms with Crippen LogP contribution in [-0.4, -0.2) is 31.0 Å². The average molecular weight is 222 g/mol. The van der Waals surface area contributed by atoms with Gasteiger partial charge in [-0.05, 0) is 5.56 Å². The van der Waals surface area contributed by atoms with E-state index in [4.69, 9.17) is 10.6 Å². The van der Waals surface area contributed by atoms with Crippen LogP contribution >= 0.6 is 0 Å². The Kier molecular flexibility index (Phi) is 4.02. The average Bonchev–Trinajstić information content (AvgIpc) is 2.29. The molecule has 1 unspecified atom stereocenters. The summed E-state index contributed by atoms with van der Waals surface area (Å²) in [5, 5.41) is 0.989. The molecule has 0 saturated carbocycles. The van der Waals surface area contributed by atoms with E-state index in [-0.39, 0.29) is 0 Å². The lowest BCUT2D eigenvalue weighted by Gasteiger charge is -2.19. The standard InChI is InChI=1S/C11H14N2O3/c1-13(16-2)11(15)9(10(12)14)8-6-4-3-5-7-8/h3-7,9H,1-2H3,(H2,12,14). The molecule has 1 atom stereocenters. The van der Waals surface area contributed by atoms with Gasteiger partial charge >= 0.3 is 0 Å². The SMILES string of the molecule is CON(C)C(=O)C(C(N)=O)c1ccccc1. The third-order valence-electron chi connectivity index (χ3n) is 2.25. The summed E-state index contributed by atoms with van der Waals surface area (Å²) in [6.07, 6.45) is 0. The number of hydrogen-bond donors (Lipinski definition) is 1. The van der Waals surface area contributed by atoms with E-state index < -0.39 is 17.7 Å². The number of primary amides is 1. The van der Waals surface area contributed by atoms with E-state index in [0.717, 1.165) is 5.06 Å². The molecule has 1 aromatic carbocycles. The van der Waals surface area contributed by atoms with E-state index in [1.165, 1.54) is 14.2 Å². The Morgan fingerprint density at radius 3 is 2.31 bits per heavy atom. The lowest BCUT2D eigenvalue weighted by Crippen LogP contribution is -2.37. The van der Waals surface area contributed by atoms with Gasteiger partial charge in [-0.1, -0.05) is 30.3 Å². The zero-order chi connectivity index (χ0) is 12.1. The van der Waals surface area contributed by atoms with Crippen LogP contribution < -0.4 is 5.73 Å². The maximum atomic E-state index is 11.8. The van der Waals surface area contributed by atoms with E-state index in [1.54, 1.807) is 30.3 Å². The number of amides is 2. The maximum Gasteiger partial charge on any atom is 0.262 e. The Morgan fingerprint density at radius 1 is 1.31 bits per heavy atom. The van der Waals surface area contributed by atoms with Crippen LogP contribution in [0.25, 0.3) is 0 Å². The van der Waals surface area contributed by atoms with Gasteiger partial charge in [0.25, 0.3) is 5.91 Å². The van der Waals surface area contributed by atoms with Crippen molar-refractivity contribution >= 4 is 11.8 Å². The number of rotatable bonds is 4. The number of nitrogens with zero attached hydrogens (tertiary/aromatic N) is 1. The molecule has 0 fully saturated rings. The van der Waals surface area contributed by atoms with Gasteiger partial charge in [-0.3, -0.25) is 14.4 Å². The van der Waals surface area contributed by atoms with Crippen LogP contribution in [0, 0.1) is 0 Å². The fourth-order valence-corrected chi connectivity index (χ4v) is 1.35. The molecule has 5 heteroatoms. The zero-order valence-electron chi connectivity index (χ0n) is 9.21. The highest BCUT2D eigenvalue weighted by Crippen LogP contribution is 2.17. The fourth-order valence-electron chi connectivity index (χ4n) is 1.35. The van der Waals surface area contributed by atoms with Crippen LogP contribution in [0.1, 0.15) is 11.5 Å². The van der Waals surface area contributed by atoms with Gasteiger partial charge in [0.15, 0.2) is 0 Å². The second-order valence-electron chi connectivity index (χ2n) is 3.26. The topological polar surface area (TPSA) is 72.6 Å². The second kappa shape index (κ2) is 5.27. The number of hydrogen-bond acceptors (Lipinski definition) is 3. The van der Waals surface area contributed by atoms with Crippen molar-refractivity contribution in [2.45, 2.75) is 5.92 Å². The minimum absolute atomic E-state index is 0.485. The Balaban J connectivity index is 3.02. The largest absolute Gasteiger partial charge is 0.369 e. The van der Waals surface area contributed by atoms with Crippen molar-refractivity contribution in [2.75, 3.05) is 14.2 Å². The lowest BCUT2D eigenvalue weighted by molar-refractivity contribution is -0.171. The first-order valence-electron chi connectivity index (χ1n) is 4.74. The van der Waals surface area contributed by atoms with Gasteiger partial charge in [0, 0.05) is 7.05 Å². The molecular formula is C11H14N2O3. The summed E-state index contributed by atoms with van der Waals surface area (Å²) in [6.45, 7) is 0. The molecule has 1 aromatic rings. The number of hydroxylamine groups is 2. The molecule has 0 aliphatic rings. The quantitative estimate of drug-likeness (QED) is 0.587. The Morgan fingerprint density at radius 2 is 1.88 bits per heavy atom. The molecule has 0 aliphatic carbocycles. The van der Waals surface area contributed by atoms with Crippen molar-refractivity contribution in [3.05, 3.63) is 35.9 Å². The zero-order valence-corrected chi connectivity index (χ0v) is 9.21. The minimum atomic E-state index is -1.01. The predicted molar refractivity (Wildman–Crippen MR) is 58.2 cm³/mol. The molecular weight excluding hydrogens is 208 g/mol. The van der Waals surface area contributed by atoms with Crippen molar-refractivity contribution in [3.8, 4) is 0 Å². The molecule has 0 heterocycles. The van der Waals surface area contributed by atoms with Crippen LogP contribution in [0.2, 0.25) is 0 Å². The van der Waals surface area contributed by atoms with Crippen molar-refractivity contribution < 1.29 is 14.4 Å². The second-order valence-corrected chi connectivity index (χ2v) is 3.26. The lowest BCUT2D eigenvalue weighted by atomic mass is 9.98. The van der Waals surface area contributed by atoms with Crippen LogP contribution in [0.15, 0.2) is 30.3 Å². The summed E-state index contributed by atoms with van der Waals surface area (Å²) >= 11 is 0. The third kappa shape index (κ3) is 2.58. The molecule has 86 valence electrons. The highest BCUT2D eigenvalue weighted by atomic mass is 16.7. The molecule has 2 N–H and O–H groups in total. The van der Waals surface area contributed by atoms with E-state index in [9.17, 15) is 9.59 Å². The molecule has 0 radical (unpaired) electrons. The van der Waals surface area contributed by atoms with Crippen LogP contribution in [0.3, 0.4) is 0 Å². The minimum Gasteiger partial charge on any atom is -0.369 e. The monoisotopic (exact) mass is 222 g/mol. The summed E-state index contributed by atoms with van der Waals surface area (Å²) in [7, 11) is 2.78. The third-order valence-corrected chi connectivity index (χ3v) is 2.25. The highest BCUT2D eigenvalue weighted by molar-refractivity contribution is 6.04. The van der Waals surface area contributed by atoms with Crippen molar-refractivity contribution in [1.82, 2.24) is 5.06 Å². The van der Waals surface area contributed by atoms with Gasteiger partial charge in [0.05, 0.1) is 7.11 Å². The van der Waals surface area contributed by atoms with E-state index >= 15 is 0 Å². The van der Waals surface area contributed by atoms with Crippen LogP contribution in [-0.2, 0) is 14.4 Å². The van der Waals surface area contributed by atoms with Crippen molar-refractivity contribution in [2.24, 2.45) is 5.73 Å². The molecule has 0 aromatic heterocycles. The van der Waals surface area contributed by atoms with Gasteiger partial charge in [-0.15, -0.1) is 0 Å². The normalized spacial score (nSPS) is 11.9. The number of carbonyl (C=O) groups is 2. The van der Waals surface area contributed by atoms with Crippen LogP contribution in [0.4, 0.5) is 0 Å². The Labute approximate surface area is 93.7 Å². The predicted octanol–water partition coefficient (Wildman–Crippen LogP) is 0.275. The van der Waals surface area contributed by atoms with Gasteiger partial charge in [-0.25, -0.2) is 5.06 Å². The molecule has 0 aliphatic heterocycles. The van der Waals surface area contributed by atoms with Crippen molar-refractivity contribution in [1.29, 1.82) is 0 Å². The Hall–Kier alpha value is -1.88. The maximum absolute atomic E-state index is 11.8. The highest BCUT2D eigenvalue weighted by Gasteiger charge is 2.29.